The van der Waals surface area contributed by atoms with E-state index >= 15 is 0 Å². The van der Waals surface area contributed by atoms with Crippen LogP contribution in [0.25, 0.3) is 0 Å². The van der Waals surface area contributed by atoms with Gasteiger partial charge in [0.25, 0.3) is 5.91 Å². The van der Waals surface area contributed by atoms with Gasteiger partial charge in [0.2, 0.25) is 5.95 Å². The van der Waals surface area contributed by atoms with Crippen molar-refractivity contribution in [1.82, 2.24) is 9.97 Å². The molecule has 1 aromatic carbocycles. The molecule has 1 unspecified atom stereocenters. The second kappa shape index (κ2) is 7.43. The summed E-state index contributed by atoms with van der Waals surface area (Å²) in [6.45, 7) is 5.15. The number of aromatic nitrogens is 2. The van der Waals surface area contributed by atoms with E-state index in [9.17, 15) is 4.79 Å². The number of amides is 1. The van der Waals surface area contributed by atoms with Crippen molar-refractivity contribution in [2.45, 2.75) is 45.6 Å². The molecular weight excluding hydrogens is 300 g/mol. The van der Waals surface area contributed by atoms with Crippen LogP contribution in [0.2, 0.25) is 0 Å². The van der Waals surface area contributed by atoms with Gasteiger partial charge >= 0.3 is 0 Å². The smallest absolute Gasteiger partial charge is 0.274 e. The van der Waals surface area contributed by atoms with Gasteiger partial charge in [0.05, 0.1) is 0 Å². The van der Waals surface area contributed by atoms with E-state index in [-0.39, 0.29) is 5.91 Å². The molecule has 0 aliphatic carbocycles. The van der Waals surface area contributed by atoms with E-state index in [4.69, 9.17) is 0 Å². The van der Waals surface area contributed by atoms with Crippen LogP contribution in [-0.4, -0.2) is 28.5 Å². The minimum Gasteiger partial charge on any atom is -0.338 e. The predicted octanol–water partition coefficient (Wildman–Crippen LogP) is 3.81. The lowest BCUT2D eigenvalue weighted by molar-refractivity contribution is 0.102. The first-order valence-corrected chi connectivity index (χ1v) is 8.65. The third-order valence-corrected chi connectivity index (χ3v) is 4.51. The Hall–Kier alpha value is -2.43. The number of carbonyl (C=O) groups is 1. The summed E-state index contributed by atoms with van der Waals surface area (Å²) in [6.07, 6.45) is 6.32. The van der Waals surface area contributed by atoms with Crippen molar-refractivity contribution >= 4 is 17.5 Å². The minimum absolute atomic E-state index is 0.200. The zero-order chi connectivity index (χ0) is 16.9. The summed E-state index contributed by atoms with van der Waals surface area (Å²) in [5, 5.41) is 2.91. The molecule has 1 fully saturated rings. The van der Waals surface area contributed by atoms with Gasteiger partial charge in [0, 0.05) is 24.5 Å². The van der Waals surface area contributed by atoms with Crippen LogP contribution >= 0.6 is 0 Å². The molecular formula is C19H24N4O. The molecule has 5 nitrogen and oxygen atoms in total. The van der Waals surface area contributed by atoms with Gasteiger partial charge in [-0.2, -0.15) is 0 Å². The van der Waals surface area contributed by atoms with Crippen LogP contribution in [0.4, 0.5) is 11.6 Å². The van der Waals surface area contributed by atoms with Crippen molar-refractivity contribution in [3.05, 3.63) is 47.8 Å². The molecule has 1 N–H and O–H groups in total. The van der Waals surface area contributed by atoms with E-state index < -0.39 is 0 Å². The molecule has 2 aromatic rings. The first kappa shape index (κ1) is 16.4. The van der Waals surface area contributed by atoms with Gasteiger partial charge < -0.3 is 10.2 Å². The van der Waals surface area contributed by atoms with Crippen LogP contribution in [0.5, 0.6) is 0 Å². The Balaban J connectivity index is 1.78. The lowest BCUT2D eigenvalue weighted by atomic mass is 10.0. The highest BCUT2D eigenvalue weighted by molar-refractivity contribution is 6.03. The highest BCUT2D eigenvalue weighted by atomic mass is 16.1. The number of aryl methyl sites for hydroxylation is 1. The number of rotatable bonds is 4. The molecule has 1 amide bonds. The molecule has 3 rings (SSSR count). The maximum atomic E-state index is 12.5. The number of carbonyl (C=O) groups excluding carboxylic acids is 1. The summed E-state index contributed by atoms with van der Waals surface area (Å²) in [4.78, 5) is 23.7. The van der Waals surface area contributed by atoms with Crippen molar-refractivity contribution < 1.29 is 4.79 Å². The molecule has 1 atom stereocenters. The van der Waals surface area contributed by atoms with Crippen molar-refractivity contribution in [1.29, 1.82) is 0 Å². The van der Waals surface area contributed by atoms with Crippen molar-refractivity contribution in [3.8, 4) is 0 Å². The number of nitrogens with zero attached hydrogens (tertiary/aromatic N) is 3. The number of piperidine rings is 1. The second-order valence-electron chi connectivity index (χ2n) is 6.32. The lowest BCUT2D eigenvalue weighted by Gasteiger charge is -2.35. The fraction of sp³-hybridized carbons (Fsp3) is 0.421. The first-order chi connectivity index (χ1) is 11.7. The SMILES string of the molecule is CCC1CCCCN1c1nccc(C(=O)Nc2cccc(C)c2)n1. The normalized spacial score (nSPS) is 17.6. The topological polar surface area (TPSA) is 58.1 Å². The van der Waals surface area contributed by atoms with Gasteiger partial charge in [-0.15, -0.1) is 0 Å². The maximum absolute atomic E-state index is 12.5. The monoisotopic (exact) mass is 324 g/mol. The van der Waals surface area contributed by atoms with Crippen LogP contribution in [0, 0.1) is 6.92 Å². The van der Waals surface area contributed by atoms with E-state index in [0.717, 1.165) is 30.6 Å². The van der Waals surface area contributed by atoms with Gasteiger partial charge in [-0.3, -0.25) is 4.79 Å². The molecule has 0 spiro atoms. The van der Waals surface area contributed by atoms with Gasteiger partial charge in [0.1, 0.15) is 5.69 Å². The Morgan fingerprint density at radius 2 is 2.21 bits per heavy atom. The molecule has 1 aliphatic rings. The molecule has 0 saturated carbocycles. The first-order valence-electron chi connectivity index (χ1n) is 8.65. The second-order valence-corrected chi connectivity index (χ2v) is 6.32. The Morgan fingerprint density at radius 1 is 1.33 bits per heavy atom. The summed E-state index contributed by atoms with van der Waals surface area (Å²) in [7, 11) is 0. The highest BCUT2D eigenvalue weighted by Gasteiger charge is 2.23. The third kappa shape index (κ3) is 3.72. The molecule has 1 aromatic heterocycles. The van der Waals surface area contributed by atoms with Gasteiger partial charge in [-0.25, -0.2) is 9.97 Å². The molecule has 126 valence electrons. The lowest BCUT2D eigenvalue weighted by Crippen LogP contribution is -2.40. The summed E-state index contributed by atoms with van der Waals surface area (Å²) in [6, 6.07) is 9.88. The fourth-order valence-electron chi connectivity index (χ4n) is 3.22. The van der Waals surface area contributed by atoms with E-state index in [1.54, 1.807) is 12.3 Å². The Bertz CT molecular complexity index is 716. The van der Waals surface area contributed by atoms with E-state index in [2.05, 4.69) is 27.1 Å². The highest BCUT2D eigenvalue weighted by Crippen LogP contribution is 2.23. The van der Waals surface area contributed by atoms with Gasteiger partial charge in [-0.1, -0.05) is 19.1 Å². The molecule has 0 radical (unpaired) electrons. The van der Waals surface area contributed by atoms with Crippen molar-refractivity contribution in [2.75, 3.05) is 16.8 Å². The summed E-state index contributed by atoms with van der Waals surface area (Å²) in [5.74, 6) is 0.466. The zero-order valence-corrected chi connectivity index (χ0v) is 14.3. The maximum Gasteiger partial charge on any atom is 0.274 e. The van der Waals surface area contributed by atoms with Crippen LogP contribution in [-0.2, 0) is 0 Å². The predicted molar refractivity (Wildman–Crippen MR) is 96.4 cm³/mol. The van der Waals surface area contributed by atoms with Crippen LogP contribution in [0.3, 0.4) is 0 Å². The van der Waals surface area contributed by atoms with E-state index in [1.165, 1.54) is 12.8 Å². The standard InChI is InChI=1S/C19H24N4O/c1-3-16-9-4-5-12-23(16)19-20-11-10-17(22-19)18(24)21-15-8-6-7-14(2)13-15/h6-8,10-11,13,16H,3-5,9,12H2,1-2H3,(H,21,24). The van der Waals surface area contributed by atoms with Crippen LogP contribution in [0.15, 0.2) is 36.5 Å². The molecule has 5 heteroatoms. The van der Waals surface area contributed by atoms with Gasteiger partial charge in [0.15, 0.2) is 0 Å². The minimum atomic E-state index is -0.200. The summed E-state index contributed by atoms with van der Waals surface area (Å²) < 4.78 is 0. The number of anilines is 2. The summed E-state index contributed by atoms with van der Waals surface area (Å²) >= 11 is 0. The molecule has 0 bridgehead atoms. The quantitative estimate of drug-likeness (QED) is 0.929. The fourth-order valence-corrected chi connectivity index (χ4v) is 3.22. The van der Waals surface area contributed by atoms with Crippen molar-refractivity contribution in [2.24, 2.45) is 0 Å². The van der Waals surface area contributed by atoms with Gasteiger partial charge in [-0.05, 0) is 56.4 Å². The number of hydrogen-bond donors (Lipinski definition) is 1. The van der Waals surface area contributed by atoms with Crippen LogP contribution in [0.1, 0.15) is 48.7 Å². The van der Waals surface area contributed by atoms with Crippen LogP contribution < -0.4 is 10.2 Å². The zero-order valence-electron chi connectivity index (χ0n) is 14.3. The number of nitrogens with one attached hydrogen (secondary N) is 1. The third-order valence-electron chi connectivity index (χ3n) is 4.51. The Kier molecular flexibility index (Phi) is 5.08. The van der Waals surface area contributed by atoms with E-state index in [0.29, 0.717) is 17.7 Å². The molecule has 24 heavy (non-hydrogen) atoms. The van der Waals surface area contributed by atoms with E-state index in [1.807, 2.05) is 31.2 Å². The number of benzene rings is 1. The van der Waals surface area contributed by atoms with Crippen molar-refractivity contribution in [3.63, 3.8) is 0 Å². The number of hydrogen-bond acceptors (Lipinski definition) is 4. The molecule has 1 aliphatic heterocycles. The molecule has 1 saturated heterocycles. The summed E-state index contributed by atoms with van der Waals surface area (Å²) in [5.41, 5.74) is 2.29. The Labute approximate surface area is 143 Å². The largest absolute Gasteiger partial charge is 0.338 e. The Morgan fingerprint density at radius 3 is 3.00 bits per heavy atom. The molecule has 2 heterocycles. The average molecular weight is 324 g/mol. The average Bonchev–Trinajstić information content (AvgIpc) is 2.62.